The van der Waals surface area contributed by atoms with Crippen LogP contribution in [-0.2, 0) is 13.0 Å². The van der Waals surface area contributed by atoms with Crippen molar-refractivity contribution in [2.45, 2.75) is 65.5 Å². The minimum atomic E-state index is 0. The third kappa shape index (κ3) is 6.64. The van der Waals surface area contributed by atoms with E-state index in [2.05, 4.69) is 46.2 Å². The predicted octanol–water partition coefficient (Wildman–Crippen LogP) is 2.59. The highest BCUT2D eigenvalue weighted by atomic mass is 127. The summed E-state index contributed by atoms with van der Waals surface area (Å²) < 4.78 is 2.08. The van der Waals surface area contributed by atoms with Crippen LogP contribution in [0, 0.1) is 5.92 Å². The first-order valence-corrected chi connectivity index (χ1v) is 8.64. The summed E-state index contributed by atoms with van der Waals surface area (Å²) in [6.45, 7) is 9.01. The molecule has 1 saturated carbocycles. The molecule has 132 valence electrons. The molecule has 7 heteroatoms. The Bertz CT molecular complexity index is 465. The highest BCUT2D eigenvalue weighted by Crippen LogP contribution is 2.23. The lowest BCUT2D eigenvalue weighted by atomic mass is 9.87. The molecular formula is C16H31IN6. The van der Waals surface area contributed by atoms with E-state index in [0.717, 1.165) is 43.8 Å². The zero-order chi connectivity index (χ0) is 15.8. The maximum absolute atomic E-state index is 4.69. The smallest absolute Gasteiger partial charge is 0.191 e. The lowest BCUT2D eigenvalue weighted by molar-refractivity contribution is 0.329. The zero-order valence-corrected chi connectivity index (χ0v) is 16.9. The third-order valence-electron chi connectivity index (χ3n) is 4.32. The van der Waals surface area contributed by atoms with Crippen LogP contribution in [0.2, 0.25) is 0 Å². The minimum Gasteiger partial charge on any atom is -0.357 e. The van der Waals surface area contributed by atoms with E-state index in [4.69, 9.17) is 4.99 Å². The Kier molecular flexibility index (Phi) is 9.50. The number of nitrogens with one attached hydrogen (secondary N) is 2. The lowest BCUT2D eigenvalue weighted by Gasteiger charge is -2.28. The second-order valence-electron chi connectivity index (χ2n) is 6.16. The summed E-state index contributed by atoms with van der Waals surface area (Å²) in [6.07, 6.45) is 7.82. The molecule has 2 rings (SSSR count). The summed E-state index contributed by atoms with van der Waals surface area (Å²) >= 11 is 0. The van der Waals surface area contributed by atoms with Crippen LogP contribution >= 0.6 is 24.0 Å². The van der Waals surface area contributed by atoms with Crippen LogP contribution < -0.4 is 10.6 Å². The molecule has 0 aromatic carbocycles. The average Bonchev–Trinajstić information content (AvgIpc) is 2.97. The maximum Gasteiger partial charge on any atom is 0.191 e. The molecule has 0 unspecified atom stereocenters. The van der Waals surface area contributed by atoms with E-state index in [0.29, 0.717) is 6.04 Å². The third-order valence-corrected chi connectivity index (χ3v) is 4.32. The van der Waals surface area contributed by atoms with Crippen molar-refractivity contribution >= 4 is 29.9 Å². The molecule has 0 saturated heterocycles. The summed E-state index contributed by atoms with van der Waals surface area (Å²) in [5, 5.41) is 15.0. The summed E-state index contributed by atoms with van der Waals surface area (Å²) in [5.74, 6) is 2.83. The standard InChI is InChI=1S/C16H30N6.HI/c1-4-15-21-19-12-22(15)11-10-18-16(17-5-2)20-14-8-6-13(3)7-9-14;/h12-14H,4-11H2,1-3H3,(H2,17,18,20);1H. The van der Waals surface area contributed by atoms with Gasteiger partial charge in [-0.15, -0.1) is 34.2 Å². The van der Waals surface area contributed by atoms with Crippen molar-refractivity contribution in [1.82, 2.24) is 25.4 Å². The number of aromatic nitrogens is 3. The Hall–Kier alpha value is -0.860. The maximum atomic E-state index is 4.69. The monoisotopic (exact) mass is 434 g/mol. The lowest BCUT2D eigenvalue weighted by Crippen LogP contribution is -2.44. The molecular weight excluding hydrogens is 403 g/mol. The number of halogens is 1. The van der Waals surface area contributed by atoms with Crippen molar-refractivity contribution in [3.05, 3.63) is 12.2 Å². The van der Waals surface area contributed by atoms with Crippen molar-refractivity contribution in [2.24, 2.45) is 10.9 Å². The van der Waals surface area contributed by atoms with Crippen LogP contribution in [0.5, 0.6) is 0 Å². The quantitative estimate of drug-likeness (QED) is 0.411. The number of rotatable bonds is 6. The SMILES string of the molecule is CCNC(=NCCn1cnnc1CC)NC1CCC(C)CC1.I. The molecule has 0 radical (unpaired) electrons. The summed E-state index contributed by atoms with van der Waals surface area (Å²) in [6, 6.07) is 0.565. The van der Waals surface area contributed by atoms with Gasteiger partial charge in [-0.3, -0.25) is 4.99 Å². The molecule has 2 N–H and O–H groups in total. The van der Waals surface area contributed by atoms with Gasteiger partial charge in [-0.1, -0.05) is 13.8 Å². The highest BCUT2D eigenvalue weighted by molar-refractivity contribution is 14.0. The van der Waals surface area contributed by atoms with E-state index in [1.807, 2.05) is 0 Å². The Morgan fingerprint density at radius 3 is 2.70 bits per heavy atom. The van der Waals surface area contributed by atoms with Crippen molar-refractivity contribution in [3.63, 3.8) is 0 Å². The first kappa shape index (κ1) is 20.2. The van der Waals surface area contributed by atoms with Crippen molar-refractivity contribution in [2.75, 3.05) is 13.1 Å². The van der Waals surface area contributed by atoms with Crippen LogP contribution in [-0.4, -0.2) is 39.9 Å². The minimum absolute atomic E-state index is 0. The summed E-state index contributed by atoms with van der Waals surface area (Å²) in [4.78, 5) is 4.69. The van der Waals surface area contributed by atoms with Crippen LogP contribution in [0.3, 0.4) is 0 Å². The van der Waals surface area contributed by atoms with Crippen LogP contribution in [0.15, 0.2) is 11.3 Å². The Morgan fingerprint density at radius 1 is 1.30 bits per heavy atom. The van der Waals surface area contributed by atoms with Gasteiger partial charge in [-0.25, -0.2) is 0 Å². The van der Waals surface area contributed by atoms with E-state index in [1.54, 1.807) is 6.33 Å². The van der Waals surface area contributed by atoms with Crippen molar-refractivity contribution in [3.8, 4) is 0 Å². The van der Waals surface area contributed by atoms with Crippen LogP contribution in [0.4, 0.5) is 0 Å². The fraction of sp³-hybridized carbons (Fsp3) is 0.812. The molecule has 6 nitrogen and oxygen atoms in total. The Balaban J connectivity index is 0.00000264. The van der Waals surface area contributed by atoms with Gasteiger partial charge in [0.2, 0.25) is 0 Å². The van der Waals surface area contributed by atoms with E-state index >= 15 is 0 Å². The number of aryl methyl sites for hydroxylation is 1. The number of hydrogen-bond donors (Lipinski definition) is 2. The van der Waals surface area contributed by atoms with E-state index in [9.17, 15) is 0 Å². The van der Waals surface area contributed by atoms with Crippen molar-refractivity contribution < 1.29 is 0 Å². The van der Waals surface area contributed by atoms with Gasteiger partial charge in [0.25, 0.3) is 0 Å². The number of guanidine groups is 1. The first-order valence-electron chi connectivity index (χ1n) is 8.64. The van der Waals surface area contributed by atoms with Gasteiger partial charge >= 0.3 is 0 Å². The van der Waals surface area contributed by atoms with Gasteiger partial charge < -0.3 is 15.2 Å². The van der Waals surface area contributed by atoms with Gasteiger partial charge in [-0.05, 0) is 38.5 Å². The normalized spacial score (nSPS) is 21.6. The zero-order valence-electron chi connectivity index (χ0n) is 14.6. The Morgan fingerprint density at radius 2 is 2.04 bits per heavy atom. The molecule has 0 bridgehead atoms. The van der Waals surface area contributed by atoms with Crippen LogP contribution in [0.25, 0.3) is 0 Å². The number of hydrogen-bond acceptors (Lipinski definition) is 3. The topological polar surface area (TPSA) is 67.1 Å². The molecule has 0 amide bonds. The fourth-order valence-electron chi connectivity index (χ4n) is 2.93. The Labute approximate surface area is 157 Å². The molecule has 1 heterocycles. The van der Waals surface area contributed by atoms with E-state index in [1.165, 1.54) is 25.7 Å². The first-order chi connectivity index (χ1) is 10.7. The molecule has 0 atom stereocenters. The molecule has 0 spiro atoms. The van der Waals surface area contributed by atoms with E-state index in [-0.39, 0.29) is 24.0 Å². The molecule has 23 heavy (non-hydrogen) atoms. The van der Waals surface area contributed by atoms with Gasteiger partial charge in [0, 0.05) is 25.6 Å². The molecule has 1 aliphatic carbocycles. The second-order valence-corrected chi connectivity index (χ2v) is 6.16. The van der Waals surface area contributed by atoms with Crippen molar-refractivity contribution in [1.29, 1.82) is 0 Å². The number of aliphatic imine (C=N–C) groups is 1. The largest absolute Gasteiger partial charge is 0.357 e. The molecule has 1 aliphatic rings. The molecule has 0 aliphatic heterocycles. The average molecular weight is 434 g/mol. The second kappa shape index (κ2) is 10.8. The molecule has 1 aromatic rings. The van der Waals surface area contributed by atoms with Gasteiger partial charge in [-0.2, -0.15) is 0 Å². The highest BCUT2D eigenvalue weighted by Gasteiger charge is 2.18. The predicted molar refractivity (Wildman–Crippen MR) is 105 cm³/mol. The van der Waals surface area contributed by atoms with Gasteiger partial charge in [0.1, 0.15) is 12.2 Å². The van der Waals surface area contributed by atoms with Gasteiger partial charge in [0.05, 0.1) is 6.54 Å². The van der Waals surface area contributed by atoms with E-state index < -0.39 is 0 Å². The summed E-state index contributed by atoms with van der Waals surface area (Å²) in [7, 11) is 0. The molecule has 1 fully saturated rings. The summed E-state index contributed by atoms with van der Waals surface area (Å²) in [5.41, 5.74) is 0. The fourth-order valence-corrected chi connectivity index (χ4v) is 2.93. The molecule has 1 aromatic heterocycles. The van der Waals surface area contributed by atoms with Crippen LogP contribution in [0.1, 0.15) is 52.3 Å². The number of nitrogens with zero attached hydrogens (tertiary/aromatic N) is 4. The van der Waals surface area contributed by atoms with Gasteiger partial charge in [0.15, 0.2) is 5.96 Å².